The molecule has 0 radical (unpaired) electrons. The number of nitrogens with zero attached hydrogens (tertiary/aromatic N) is 2. The molecule has 0 bridgehead atoms. The van der Waals surface area contributed by atoms with Crippen molar-refractivity contribution in [2.24, 2.45) is 0 Å². The van der Waals surface area contributed by atoms with Crippen molar-refractivity contribution < 1.29 is 13.6 Å². The molecule has 4 rings (SSSR count). The summed E-state index contributed by atoms with van der Waals surface area (Å²) < 4.78 is 10.9. The normalized spacial score (nSPS) is 11.2. The summed E-state index contributed by atoms with van der Waals surface area (Å²) in [5.41, 5.74) is 0.666. The average Bonchev–Trinajstić information content (AvgIpc) is 2.84. The van der Waals surface area contributed by atoms with Crippen LogP contribution in [0.5, 0.6) is 0 Å². The Hall–Kier alpha value is -3.87. The van der Waals surface area contributed by atoms with Crippen molar-refractivity contribution in [3.63, 3.8) is 0 Å². The molecule has 0 saturated heterocycles. The van der Waals surface area contributed by atoms with Crippen molar-refractivity contribution in [1.82, 2.24) is 0 Å². The summed E-state index contributed by atoms with van der Waals surface area (Å²) in [6, 6.07) is 14.0. The molecular formula is C27H28N2O5. The molecule has 176 valence electrons. The lowest BCUT2D eigenvalue weighted by Crippen LogP contribution is -2.22. The van der Waals surface area contributed by atoms with Crippen LogP contribution in [0.3, 0.4) is 0 Å². The van der Waals surface area contributed by atoms with E-state index in [2.05, 4.69) is 9.80 Å². The number of benzene rings is 2. The minimum atomic E-state index is -0.787. The third kappa shape index (κ3) is 4.21. The van der Waals surface area contributed by atoms with Crippen LogP contribution in [0.1, 0.15) is 43.6 Å². The van der Waals surface area contributed by atoms with Gasteiger partial charge in [-0.15, -0.1) is 0 Å². The highest BCUT2D eigenvalue weighted by atomic mass is 16.4. The first-order valence-corrected chi connectivity index (χ1v) is 11.6. The molecule has 0 aliphatic heterocycles. The summed E-state index contributed by atoms with van der Waals surface area (Å²) in [6.45, 7) is 11.5. The molecule has 0 atom stereocenters. The highest BCUT2D eigenvalue weighted by Gasteiger charge is 2.21. The van der Waals surface area contributed by atoms with Crippen LogP contribution in [0.15, 0.2) is 67.0 Å². The molecule has 34 heavy (non-hydrogen) atoms. The molecule has 2 aromatic heterocycles. The lowest BCUT2D eigenvalue weighted by Gasteiger charge is -2.21. The Morgan fingerprint density at radius 1 is 0.647 bits per heavy atom. The number of ketones is 1. The zero-order valence-electron chi connectivity index (χ0n) is 19.9. The van der Waals surface area contributed by atoms with Crippen LogP contribution in [-0.2, 0) is 0 Å². The maximum Gasteiger partial charge on any atom is 0.347 e. The van der Waals surface area contributed by atoms with Crippen molar-refractivity contribution in [3.05, 3.63) is 80.5 Å². The monoisotopic (exact) mass is 460 g/mol. The van der Waals surface area contributed by atoms with Gasteiger partial charge < -0.3 is 18.6 Å². The predicted octanol–water partition coefficient (Wildman–Crippen LogP) is 4.82. The van der Waals surface area contributed by atoms with Crippen LogP contribution in [0.4, 0.5) is 11.4 Å². The number of rotatable bonds is 8. The predicted molar refractivity (Wildman–Crippen MR) is 136 cm³/mol. The number of hydrogen-bond acceptors (Lipinski definition) is 7. The molecule has 2 heterocycles. The maximum atomic E-state index is 13.2. The summed E-state index contributed by atoms with van der Waals surface area (Å²) in [5, 5.41) is 1.21. The lowest BCUT2D eigenvalue weighted by atomic mass is 10.0. The van der Waals surface area contributed by atoms with Crippen molar-refractivity contribution in [2.75, 3.05) is 36.0 Å². The Kier molecular flexibility index (Phi) is 6.54. The summed E-state index contributed by atoms with van der Waals surface area (Å²) in [4.78, 5) is 42.8. The second-order valence-corrected chi connectivity index (χ2v) is 8.01. The molecular weight excluding hydrogens is 432 g/mol. The van der Waals surface area contributed by atoms with E-state index in [0.717, 1.165) is 37.6 Å². The highest BCUT2D eigenvalue weighted by Crippen LogP contribution is 2.24. The molecule has 7 heteroatoms. The second kappa shape index (κ2) is 9.55. The van der Waals surface area contributed by atoms with Gasteiger partial charge in [0.1, 0.15) is 22.3 Å². The van der Waals surface area contributed by atoms with Crippen molar-refractivity contribution >= 4 is 39.1 Å². The lowest BCUT2D eigenvalue weighted by molar-refractivity contribution is 0.103. The van der Waals surface area contributed by atoms with Gasteiger partial charge in [-0.05, 0) is 64.1 Å². The number of hydrogen-bond donors (Lipinski definition) is 0. The van der Waals surface area contributed by atoms with E-state index in [-0.39, 0.29) is 11.1 Å². The van der Waals surface area contributed by atoms with Crippen LogP contribution in [0.2, 0.25) is 0 Å². The van der Waals surface area contributed by atoms with Crippen LogP contribution in [0.25, 0.3) is 21.9 Å². The van der Waals surface area contributed by atoms with E-state index in [1.807, 2.05) is 39.8 Å². The molecule has 0 N–H and O–H groups in total. The summed E-state index contributed by atoms with van der Waals surface area (Å²) in [5.74, 6) is -0.716. The smallest absolute Gasteiger partial charge is 0.347 e. The fourth-order valence-electron chi connectivity index (χ4n) is 4.23. The van der Waals surface area contributed by atoms with Crippen LogP contribution in [-0.4, -0.2) is 32.0 Å². The number of carbonyl (C=O) groups excluding carboxylic acids is 1. The standard InChI is InChI=1S/C27H28N2O5/c1-5-28(6-2)19-11-9-17-13-21(26(31)33-23(17)15-19)25(30)22-14-18-10-12-20(29(7-3)8-4)16-24(18)34-27(22)32/h9-16H,5-8H2,1-4H3. The molecule has 7 nitrogen and oxygen atoms in total. The van der Waals surface area contributed by atoms with Crippen molar-refractivity contribution in [1.29, 1.82) is 0 Å². The fraction of sp³-hybridized carbons (Fsp3) is 0.296. The van der Waals surface area contributed by atoms with Gasteiger partial charge in [-0.1, -0.05) is 0 Å². The second-order valence-electron chi connectivity index (χ2n) is 8.01. The van der Waals surface area contributed by atoms with Gasteiger partial charge in [0.05, 0.1) is 0 Å². The van der Waals surface area contributed by atoms with Crippen molar-refractivity contribution in [3.8, 4) is 0 Å². The first kappa shape index (κ1) is 23.3. The number of anilines is 2. The van der Waals surface area contributed by atoms with Gasteiger partial charge in [-0.2, -0.15) is 0 Å². The molecule has 0 fully saturated rings. The van der Waals surface area contributed by atoms with E-state index in [0.29, 0.717) is 21.9 Å². The average molecular weight is 461 g/mol. The minimum Gasteiger partial charge on any atom is -0.422 e. The quantitative estimate of drug-likeness (QED) is 0.275. The Morgan fingerprint density at radius 3 is 1.38 bits per heavy atom. The highest BCUT2D eigenvalue weighted by molar-refractivity contribution is 6.10. The Morgan fingerprint density at radius 2 is 1.03 bits per heavy atom. The zero-order valence-corrected chi connectivity index (χ0v) is 19.9. The summed E-state index contributed by atoms with van der Waals surface area (Å²) in [7, 11) is 0. The fourth-order valence-corrected chi connectivity index (χ4v) is 4.23. The van der Waals surface area contributed by atoms with E-state index in [4.69, 9.17) is 8.83 Å². The molecule has 4 aromatic rings. The molecule has 2 aromatic carbocycles. The first-order valence-electron chi connectivity index (χ1n) is 11.6. The number of carbonyl (C=O) groups is 1. The van der Waals surface area contributed by atoms with E-state index < -0.39 is 17.0 Å². The Labute approximate surface area is 197 Å². The van der Waals surface area contributed by atoms with Gasteiger partial charge in [-0.25, -0.2) is 9.59 Å². The Bertz CT molecular complexity index is 1370. The van der Waals surface area contributed by atoms with Crippen LogP contribution >= 0.6 is 0 Å². The maximum absolute atomic E-state index is 13.2. The van der Waals surface area contributed by atoms with Gasteiger partial charge in [0.2, 0.25) is 5.78 Å². The van der Waals surface area contributed by atoms with Gasteiger partial charge in [-0.3, -0.25) is 4.79 Å². The first-order chi connectivity index (χ1) is 16.4. The summed E-state index contributed by atoms with van der Waals surface area (Å²) >= 11 is 0. The molecule has 0 aliphatic rings. The van der Waals surface area contributed by atoms with Gasteiger partial charge in [0.15, 0.2) is 0 Å². The third-order valence-corrected chi connectivity index (χ3v) is 6.19. The topological polar surface area (TPSA) is 84.0 Å². The van der Waals surface area contributed by atoms with Crippen LogP contribution in [0, 0.1) is 0 Å². The van der Waals surface area contributed by atoms with E-state index in [1.165, 1.54) is 12.1 Å². The Balaban J connectivity index is 1.75. The zero-order chi connectivity index (χ0) is 24.4. The van der Waals surface area contributed by atoms with Crippen LogP contribution < -0.4 is 21.1 Å². The van der Waals surface area contributed by atoms with E-state index in [1.54, 1.807) is 24.3 Å². The van der Waals surface area contributed by atoms with Gasteiger partial charge >= 0.3 is 11.3 Å². The van der Waals surface area contributed by atoms with E-state index in [9.17, 15) is 14.4 Å². The molecule has 0 amide bonds. The number of fused-ring (bicyclic) bond motifs is 2. The van der Waals surface area contributed by atoms with Gasteiger partial charge in [0, 0.05) is 60.5 Å². The largest absolute Gasteiger partial charge is 0.422 e. The van der Waals surface area contributed by atoms with Gasteiger partial charge in [0.25, 0.3) is 0 Å². The third-order valence-electron chi connectivity index (χ3n) is 6.19. The van der Waals surface area contributed by atoms with E-state index >= 15 is 0 Å². The minimum absolute atomic E-state index is 0.200. The molecule has 0 aliphatic carbocycles. The molecule has 0 spiro atoms. The SMILES string of the molecule is CCN(CC)c1ccc2cc(C(=O)c3cc4ccc(N(CC)CC)cc4oc3=O)c(=O)oc2c1. The molecule has 0 saturated carbocycles. The summed E-state index contributed by atoms with van der Waals surface area (Å²) in [6.07, 6.45) is 0. The van der Waals surface area contributed by atoms with Crippen molar-refractivity contribution in [2.45, 2.75) is 27.7 Å². The molecule has 0 unspecified atom stereocenters.